The fourth-order valence-electron chi connectivity index (χ4n) is 0.935. The van der Waals surface area contributed by atoms with Gasteiger partial charge in [0, 0.05) is 12.3 Å². The number of sulfonamides is 1. The van der Waals surface area contributed by atoms with Crippen LogP contribution < -0.4 is 4.72 Å². The molecule has 0 rings (SSSR count). The smallest absolute Gasteiger partial charge is 0.212 e. The van der Waals surface area contributed by atoms with Crippen LogP contribution in [0.4, 0.5) is 0 Å². The van der Waals surface area contributed by atoms with E-state index in [-0.39, 0.29) is 12.5 Å². The van der Waals surface area contributed by atoms with Crippen LogP contribution in [0.15, 0.2) is 0 Å². The number of hydrogen-bond donors (Lipinski definition) is 2. The second-order valence-electron chi connectivity index (χ2n) is 4.10. The third kappa shape index (κ3) is 7.15. The molecule has 0 radical (unpaired) electrons. The molecule has 0 bridgehead atoms. The van der Waals surface area contributed by atoms with Crippen molar-refractivity contribution in [2.45, 2.75) is 19.9 Å². The summed E-state index contributed by atoms with van der Waals surface area (Å²) in [5.74, 6) is -0.953. The van der Waals surface area contributed by atoms with Gasteiger partial charge < -0.3 is 5.11 Å². The van der Waals surface area contributed by atoms with Gasteiger partial charge in [-0.05, 0) is 5.92 Å². The maximum atomic E-state index is 11.5. The molecular weight excluding hydrogens is 254 g/mol. The summed E-state index contributed by atoms with van der Waals surface area (Å²) in [4.78, 5) is 0. The van der Waals surface area contributed by atoms with Gasteiger partial charge in [0.2, 0.25) is 10.0 Å². The average Bonchev–Trinajstić information content (AvgIpc) is 2.10. The Hall–Kier alpha value is -0.180. The van der Waals surface area contributed by atoms with Gasteiger partial charge in [0.05, 0.1) is 18.1 Å². The lowest BCUT2D eigenvalue weighted by Gasteiger charge is -2.19. The Kier molecular flexibility index (Phi) is 5.88. The molecule has 0 saturated carbocycles. The molecule has 2 N–H and O–H groups in total. The summed E-state index contributed by atoms with van der Waals surface area (Å²) >= 11 is 0. The van der Waals surface area contributed by atoms with Gasteiger partial charge in [-0.15, -0.1) is 0 Å². The first-order valence-corrected chi connectivity index (χ1v) is 8.57. The molecule has 0 aromatic carbocycles. The molecule has 0 amide bonds. The van der Waals surface area contributed by atoms with E-state index in [0.717, 1.165) is 6.26 Å². The van der Waals surface area contributed by atoms with Crippen molar-refractivity contribution in [3.8, 4) is 0 Å². The first-order valence-electron chi connectivity index (χ1n) is 4.86. The van der Waals surface area contributed by atoms with Crippen LogP contribution in [0.25, 0.3) is 0 Å². The van der Waals surface area contributed by atoms with Crippen LogP contribution in [-0.4, -0.2) is 52.4 Å². The van der Waals surface area contributed by atoms with Crippen molar-refractivity contribution in [1.82, 2.24) is 4.72 Å². The maximum absolute atomic E-state index is 11.5. The summed E-state index contributed by atoms with van der Waals surface area (Å²) in [6.45, 7) is 3.22. The Morgan fingerprint density at radius 2 is 1.62 bits per heavy atom. The summed E-state index contributed by atoms with van der Waals surface area (Å²) in [5, 5.41) is 8.94. The average molecular weight is 273 g/mol. The Labute approximate surface area is 97.0 Å². The quantitative estimate of drug-likeness (QED) is 0.617. The van der Waals surface area contributed by atoms with Crippen LogP contribution in [0.3, 0.4) is 0 Å². The van der Waals surface area contributed by atoms with Crippen molar-refractivity contribution >= 4 is 19.9 Å². The Balaban J connectivity index is 4.46. The van der Waals surface area contributed by atoms with Crippen LogP contribution in [0, 0.1) is 5.92 Å². The molecule has 0 spiro atoms. The first-order chi connectivity index (χ1) is 7.07. The molecule has 6 nitrogen and oxygen atoms in total. The van der Waals surface area contributed by atoms with E-state index >= 15 is 0 Å². The van der Waals surface area contributed by atoms with Crippen LogP contribution in [0.2, 0.25) is 0 Å². The number of rotatable bonds is 7. The standard InChI is InChI=1S/C8H19NO5S2/c1-7(2)8(6-10)9-16(13,14)5-4-15(3,11)12/h7-10H,4-6H2,1-3H3/t8-/m1/s1. The number of aliphatic hydroxyl groups is 1. The molecule has 0 heterocycles. The Bertz CT molecular complexity index is 398. The fourth-order valence-corrected chi connectivity index (χ4v) is 3.95. The molecule has 0 aromatic heterocycles. The van der Waals surface area contributed by atoms with Gasteiger partial charge in [-0.1, -0.05) is 13.8 Å². The highest BCUT2D eigenvalue weighted by Crippen LogP contribution is 2.03. The summed E-state index contributed by atoms with van der Waals surface area (Å²) < 4.78 is 46.9. The van der Waals surface area contributed by atoms with Gasteiger partial charge >= 0.3 is 0 Å². The van der Waals surface area contributed by atoms with E-state index in [4.69, 9.17) is 5.11 Å². The van der Waals surface area contributed by atoms with Crippen LogP contribution in [-0.2, 0) is 19.9 Å². The van der Waals surface area contributed by atoms with Gasteiger partial charge in [0.1, 0.15) is 9.84 Å². The van der Waals surface area contributed by atoms with Gasteiger partial charge in [-0.2, -0.15) is 0 Å². The van der Waals surface area contributed by atoms with Gasteiger partial charge in [0.25, 0.3) is 0 Å². The number of nitrogens with one attached hydrogen (secondary N) is 1. The maximum Gasteiger partial charge on any atom is 0.212 e. The third-order valence-corrected chi connectivity index (χ3v) is 4.66. The second kappa shape index (κ2) is 5.95. The minimum Gasteiger partial charge on any atom is -0.395 e. The van der Waals surface area contributed by atoms with Crippen molar-refractivity contribution in [2.24, 2.45) is 5.92 Å². The number of aliphatic hydroxyl groups excluding tert-OH is 1. The van der Waals surface area contributed by atoms with E-state index < -0.39 is 37.4 Å². The highest BCUT2D eigenvalue weighted by molar-refractivity contribution is 7.93. The molecule has 0 aliphatic rings. The van der Waals surface area contributed by atoms with E-state index in [0.29, 0.717) is 0 Å². The molecule has 0 saturated heterocycles. The van der Waals surface area contributed by atoms with Crippen molar-refractivity contribution in [3.05, 3.63) is 0 Å². The first kappa shape index (κ1) is 15.8. The number of sulfone groups is 1. The van der Waals surface area contributed by atoms with Gasteiger partial charge in [-0.3, -0.25) is 0 Å². The molecule has 98 valence electrons. The summed E-state index contributed by atoms with van der Waals surface area (Å²) in [5.41, 5.74) is 0. The van der Waals surface area contributed by atoms with Gasteiger partial charge in [0.15, 0.2) is 0 Å². The van der Waals surface area contributed by atoms with E-state index in [1.807, 2.05) is 0 Å². The summed E-state index contributed by atoms with van der Waals surface area (Å²) in [6.07, 6.45) is 0.981. The lowest BCUT2D eigenvalue weighted by Crippen LogP contribution is -2.43. The molecule has 0 aliphatic heterocycles. The van der Waals surface area contributed by atoms with Crippen molar-refractivity contribution in [3.63, 3.8) is 0 Å². The second-order valence-corrected chi connectivity index (χ2v) is 8.23. The molecule has 16 heavy (non-hydrogen) atoms. The highest BCUT2D eigenvalue weighted by Gasteiger charge is 2.21. The van der Waals surface area contributed by atoms with E-state index in [1.54, 1.807) is 13.8 Å². The SMILES string of the molecule is CC(C)[C@@H](CO)NS(=O)(=O)CCS(C)(=O)=O. The largest absolute Gasteiger partial charge is 0.395 e. The summed E-state index contributed by atoms with van der Waals surface area (Å²) in [7, 11) is -6.96. The molecule has 8 heteroatoms. The van der Waals surface area contributed by atoms with Crippen molar-refractivity contribution in [2.75, 3.05) is 24.4 Å². The topological polar surface area (TPSA) is 101 Å². The van der Waals surface area contributed by atoms with Crippen molar-refractivity contribution < 1.29 is 21.9 Å². The van der Waals surface area contributed by atoms with E-state index in [1.165, 1.54) is 0 Å². The predicted octanol–water partition coefficient (Wildman–Crippen LogP) is -1.03. The van der Waals surface area contributed by atoms with Crippen molar-refractivity contribution in [1.29, 1.82) is 0 Å². The van der Waals surface area contributed by atoms with Crippen LogP contribution in [0.1, 0.15) is 13.8 Å². The van der Waals surface area contributed by atoms with Crippen LogP contribution in [0.5, 0.6) is 0 Å². The molecular formula is C8H19NO5S2. The zero-order valence-electron chi connectivity index (χ0n) is 9.67. The Morgan fingerprint density at radius 3 is 1.94 bits per heavy atom. The summed E-state index contributed by atoms with van der Waals surface area (Å²) in [6, 6.07) is -0.579. The normalized spacial score (nSPS) is 15.3. The monoisotopic (exact) mass is 273 g/mol. The third-order valence-electron chi connectivity index (χ3n) is 2.06. The molecule has 0 fully saturated rings. The molecule has 1 atom stereocenters. The minimum atomic E-state index is -3.66. The number of hydrogen-bond acceptors (Lipinski definition) is 5. The Morgan fingerprint density at radius 1 is 1.12 bits per heavy atom. The van der Waals surface area contributed by atoms with E-state index in [9.17, 15) is 16.8 Å². The minimum absolute atomic E-state index is 0.0574. The zero-order chi connectivity index (χ0) is 13.0. The lowest BCUT2D eigenvalue weighted by atomic mass is 10.1. The zero-order valence-corrected chi connectivity index (χ0v) is 11.3. The lowest BCUT2D eigenvalue weighted by molar-refractivity contribution is 0.228. The van der Waals surface area contributed by atoms with E-state index in [2.05, 4.69) is 4.72 Å². The predicted molar refractivity (Wildman–Crippen MR) is 62.3 cm³/mol. The highest BCUT2D eigenvalue weighted by atomic mass is 32.2. The van der Waals surface area contributed by atoms with Crippen LogP contribution >= 0.6 is 0 Å². The molecule has 0 aliphatic carbocycles. The molecule has 0 aromatic rings. The fraction of sp³-hybridized carbons (Fsp3) is 1.00. The molecule has 0 unspecified atom stereocenters. The van der Waals surface area contributed by atoms with Gasteiger partial charge in [-0.25, -0.2) is 21.6 Å².